The normalized spacial score (nSPS) is 13.4. The molecule has 0 aromatic heterocycles. The Kier molecular flexibility index (Phi) is 4.49. The molecule has 0 atom stereocenters. The first kappa shape index (κ1) is 17.4. The van der Waals surface area contributed by atoms with Gasteiger partial charge in [0.1, 0.15) is 13.2 Å². The van der Waals surface area contributed by atoms with E-state index in [0.29, 0.717) is 30.3 Å². The van der Waals surface area contributed by atoms with Crippen LogP contribution in [0.5, 0.6) is 11.5 Å². The Morgan fingerprint density at radius 2 is 1.80 bits per heavy atom. The molecule has 3 rings (SSSR count). The van der Waals surface area contributed by atoms with Gasteiger partial charge in [-0.3, -0.25) is 4.72 Å². The summed E-state index contributed by atoms with van der Waals surface area (Å²) in [4.78, 5) is 11.0. The molecule has 2 N–H and O–H groups in total. The number of sulfonamides is 1. The van der Waals surface area contributed by atoms with E-state index < -0.39 is 16.0 Å². The Morgan fingerprint density at radius 3 is 2.44 bits per heavy atom. The summed E-state index contributed by atoms with van der Waals surface area (Å²) in [6.45, 7) is 2.31. The van der Waals surface area contributed by atoms with Crippen LogP contribution in [0.3, 0.4) is 0 Å². The minimum Gasteiger partial charge on any atom is -0.486 e. The van der Waals surface area contributed by atoms with Gasteiger partial charge in [-0.05, 0) is 24.6 Å². The van der Waals surface area contributed by atoms with E-state index in [-0.39, 0.29) is 21.2 Å². The molecule has 0 unspecified atom stereocenters. The van der Waals surface area contributed by atoms with Crippen LogP contribution < -0.4 is 14.2 Å². The van der Waals surface area contributed by atoms with Crippen LogP contribution in [0.15, 0.2) is 35.2 Å². The topological polar surface area (TPSA) is 102 Å². The Bertz CT molecular complexity index is 957. The summed E-state index contributed by atoms with van der Waals surface area (Å²) in [6.07, 6.45) is 0. The lowest BCUT2D eigenvalue weighted by atomic mass is 10.1. The number of halogens is 1. The van der Waals surface area contributed by atoms with E-state index in [1.807, 2.05) is 0 Å². The summed E-state index contributed by atoms with van der Waals surface area (Å²) in [6, 6.07) is 6.78. The van der Waals surface area contributed by atoms with Crippen molar-refractivity contribution >= 4 is 33.3 Å². The molecule has 0 saturated heterocycles. The maximum atomic E-state index is 12.7. The molecule has 9 heteroatoms. The molecule has 0 bridgehead atoms. The van der Waals surface area contributed by atoms with E-state index in [1.165, 1.54) is 24.3 Å². The van der Waals surface area contributed by atoms with E-state index in [1.54, 1.807) is 6.92 Å². The van der Waals surface area contributed by atoms with Gasteiger partial charge in [0.05, 0.1) is 21.2 Å². The molecule has 1 aliphatic heterocycles. The molecule has 0 amide bonds. The number of benzene rings is 2. The number of carbonyl (C=O) groups is 1. The first-order valence-corrected chi connectivity index (χ1v) is 9.10. The van der Waals surface area contributed by atoms with E-state index in [9.17, 15) is 13.2 Å². The quantitative estimate of drug-likeness (QED) is 0.841. The van der Waals surface area contributed by atoms with Gasteiger partial charge in [-0.1, -0.05) is 17.7 Å². The van der Waals surface area contributed by atoms with E-state index in [0.717, 1.165) is 6.07 Å². The van der Waals surface area contributed by atoms with Gasteiger partial charge in [-0.15, -0.1) is 0 Å². The number of nitrogens with one attached hydrogen (secondary N) is 1. The fourth-order valence-corrected chi connectivity index (χ4v) is 3.96. The number of hydrogen-bond acceptors (Lipinski definition) is 5. The number of carboxylic acids is 1. The van der Waals surface area contributed by atoms with Crippen molar-refractivity contribution in [1.82, 2.24) is 0 Å². The first-order chi connectivity index (χ1) is 11.8. The van der Waals surface area contributed by atoms with Crippen molar-refractivity contribution in [3.63, 3.8) is 0 Å². The maximum absolute atomic E-state index is 12.7. The minimum absolute atomic E-state index is 0.117. The Labute approximate surface area is 149 Å². The van der Waals surface area contributed by atoms with Crippen molar-refractivity contribution in [1.29, 1.82) is 0 Å². The molecular formula is C16H14ClNO6S. The average Bonchev–Trinajstić information content (AvgIpc) is 2.55. The predicted molar refractivity (Wildman–Crippen MR) is 91.4 cm³/mol. The maximum Gasteiger partial charge on any atom is 0.335 e. The number of anilines is 1. The molecular weight excluding hydrogens is 370 g/mol. The lowest BCUT2D eigenvalue weighted by Gasteiger charge is -2.20. The summed E-state index contributed by atoms with van der Waals surface area (Å²) < 4.78 is 38.5. The third kappa shape index (κ3) is 3.49. The molecule has 0 aliphatic carbocycles. The predicted octanol–water partition coefficient (Wildman–Crippen LogP) is 2.92. The Balaban J connectivity index is 2.00. The second kappa shape index (κ2) is 6.45. The van der Waals surface area contributed by atoms with Gasteiger partial charge in [0.25, 0.3) is 10.0 Å². The molecule has 0 spiro atoms. The van der Waals surface area contributed by atoms with Gasteiger partial charge >= 0.3 is 5.97 Å². The summed E-state index contributed by atoms with van der Waals surface area (Å²) >= 11 is 6.12. The fraction of sp³-hybridized carbons (Fsp3) is 0.188. The molecule has 25 heavy (non-hydrogen) atoms. The second-order valence-corrected chi connectivity index (χ2v) is 7.42. The third-order valence-corrected chi connectivity index (χ3v) is 5.42. The van der Waals surface area contributed by atoms with E-state index in [4.69, 9.17) is 26.2 Å². The lowest BCUT2D eigenvalue weighted by Crippen LogP contribution is -2.18. The molecule has 7 nitrogen and oxygen atoms in total. The molecule has 2 aromatic carbocycles. The van der Waals surface area contributed by atoms with Crippen LogP contribution in [0.25, 0.3) is 0 Å². The number of hydrogen-bond donors (Lipinski definition) is 2. The van der Waals surface area contributed by atoms with Crippen LogP contribution >= 0.6 is 11.6 Å². The van der Waals surface area contributed by atoms with Gasteiger partial charge < -0.3 is 14.6 Å². The summed E-state index contributed by atoms with van der Waals surface area (Å²) in [5.74, 6) is -0.401. The summed E-state index contributed by atoms with van der Waals surface area (Å²) in [5, 5.41) is 9.20. The van der Waals surface area contributed by atoms with Crippen LogP contribution in [0.4, 0.5) is 5.69 Å². The second-order valence-electron chi connectivity index (χ2n) is 5.37. The van der Waals surface area contributed by atoms with Crippen LogP contribution in [0, 0.1) is 6.92 Å². The number of aryl methyl sites for hydroxylation is 1. The Morgan fingerprint density at radius 1 is 1.16 bits per heavy atom. The highest BCUT2D eigenvalue weighted by molar-refractivity contribution is 7.92. The summed E-state index contributed by atoms with van der Waals surface area (Å²) in [5.41, 5.74) is 0.399. The van der Waals surface area contributed by atoms with Crippen molar-refractivity contribution in [3.05, 3.63) is 46.5 Å². The third-order valence-electron chi connectivity index (χ3n) is 3.60. The van der Waals surface area contributed by atoms with Crippen molar-refractivity contribution in [2.75, 3.05) is 17.9 Å². The van der Waals surface area contributed by atoms with Gasteiger partial charge in [-0.2, -0.15) is 0 Å². The lowest BCUT2D eigenvalue weighted by molar-refractivity contribution is 0.0696. The zero-order valence-electron chi connectivity index (χ0n) is 13.1. The zero-order valence-corrected chi connectivity index (χ0v) is 14.6. The molecule has 132 valence electrons. The van der Waals surface area contributed by atoms with Gasteiger partial charge in [0.15, 0.2) is 11.5 Å². The molecule has 1 heterocycles. The molecule has 0 fully saturated rings. The minimum atomic E-state index is -4.04. The molecule has 2 aromatic rings. The van der Waals surface area contributed by atoms with Crippen LogP contribution in [-0.2, 0) is 10.0 Å². The van der Waals surface area contributed by atoms with Crippen LogP contribution in [0.2, 0.25) is 5.02 Å². The fourth-order valence-electron chi connectivity index (χ4n) is 2.36. The van der Waals surface area contributed by atoms with Gasteiger partial charge in [-0.25, -0.2) is 13.2 Å². The number of carboxylic acid groups (broad SMARTS) is 1. The molecule has 1 aliphatic rings. The van der Waals surface area contributed by atoms with E-state index >= 15 is 0 Å². The standard InChI is InChI=1S/C16H14ClNO6S/c1-9-2-3-10(16(19)20)6-15(9)25(21,22)18-12-8-14-13(7-11(12)17)23-4-5-24-14/h2-3,6-8,18H,4-5H2,1H3,(H,19,20). The van der Waals surface area contributed by atoms with E-state index in [2.05, 4.69) is 4.72 Å². The van der Waals surface area contributed by atoms with Crippen molar-refractivity contribution < 1.29 is 27.8 Å². The number of ether oxygens (including phenoxy) is 2. The van der Waals surface area contributed by atoms with Crippen LogP contribution in [0.1, 0.15) is 15.9 Å². The highest BCUT2D eigenvalue weighted by Gasteiger charge is 2.22. The summed E-state index contributed by atoms with van der Waals surface area (Å²) in [7, 11) is -4.04. The van der Waals surface area contributed by atoms with Crippen LogP contribution in [-0.4, -0.2) is 32.7 Å². The molecule has 0 radical (unpaired) electrons. The zero-order chi connectivity index (χ0) is 18.2. The largest absolute Gasteiger partial charge is 0.486 e. The Hall–Kier alpha value is -2.45. The monoisotopic (exact) mass is 383 g/mol. The molecule has 0 saturated carbocycles. The SMILES string of the molecule is Cc1ccc(C(=O)O)cc1S(=O)(=O)Nc1cc2c(cc1Cl)OCCO2. The average molecular weight is 384 g/mol. The van der Waals surface area contributed by atoms with Crippen molar-refractivity contribution in [2.24, 2.45) is 0 Å². The van der Waals surface area contributed by atoms with Crippen molar-refractivity contribution in [2.45, 2.75) is 11.8 Å². The highest BCUT2D eigenvalue weighted by atomic mass is 35.5. The number of rotatable bonds is 4. The van der Waals surface area contributed by atoms with Gasteiger partial charge in [0.2, 0.25) is 0 Å². The highest BCUT2D eigenvalue weighted by Crippen LogP contribution is 2.38. The number of aromatic carboxylic acids is 1. The smallest absolute Gasteiger partial charge is 0.335 e. The van der Waals surface area contributed by atoms with Gasteiger partial charge in [0, 0.05) is 12.1 Å². The first-order valence-electron chi connectivity index (χ1n) is 7.24. The van der Waals surface area contributed by atoms with Crippen molar-refractivity contribution in [3.8, 4) is 11.5 Å². The number of fused-ring (bicyclic) bond motifs is 1.